The number of nitrogens with two attached hydrogens (primary N) is 2. The van der Waals surface area contributed by atoms with Crippen LogP contribution in [0, 0.1) is 11.8 Å². The molecule has 0 aliphatic carbocycles. The van der Waals surface area contributed by atoms with Crippen LogP contribution in [0.2, 0.25) is 0 Å². The lowest BCUT2D eigenvalue weighted by molar-refractivity contribution is -0.133. The molecule has 0 aromatic carbocycles. The lowest BCUT2D eigenvalue weighted by atomic mass is 9.96. The van der Waals surface area contributed by atoms with Gasteiger partial charge in [0.25, 0.3) is 0 Å². The number of amides is 3. The Bertz CT molecular complexity index is 305. The van der Waals surface area contributed by atoms with Gasteiger partial charge in [0, 0.05) is 26.1 Å². The zero-order valence-electron chi connectivity index (χ0n) is 11.7. The van der Waals surface area contributed by atoms with E-state index in [2.05, 4.69) is 12.2 Å². The van der Waals surface area contributed by atoms with Crippen molar-refractivity contribution in [3.8, 4) is 0 Å². The SMILES string of the molecule is CCC(CN)CC(=O)N1CCCC(CNC(N)=O)C1. The molecule has 3 amide bonds. The van der Waals surface area contributed by atoms with Gasteiger partial charge < -0.3 is 21.7 Å². The summed E-state index contributed by atoms with van der Waals surface area (Å²) in [5.74, 6) is 0.765. The van der Waals surface area contributed by atoms with Crippen molar-refractivity contribution in [3.63, 3.8) is 0 Å². The molecule has 6 heteroatoms. The van der Waals surface area contributed by atoms with Crippen LogP contribution in [0.15, 0.2) is 0 Å². The quantitative estimate of drug-likeness (QED) is 0.645. The Morgan fingerprint density at radius 2 is 2.21 bits per heavy atom. The summed E-state index contributed by atoms with van der Waals surface area (Å²) in [6.45, 7) is 4.68. The number of carbonyl (C=O) groups is 2. The maximum atomic E-state index is 12.2. The highest BCUT2D eigenvalue weighted by molar-refractivity contribution is 5.76. The Labute approximate surface area is 114 Å². The third kappa shape index (κ3) is 5.46. The van der Waals surface area contributed by atoms with Gasteiger partial charge in [0.15, 0.2) is 0 Å². The van der Waals surface area contributed by atoms with E-state index in [0.717, 1.165) is 25.8 Å². The van der Waals surface area contributed by atoms with E-state index in [1.165, 1.54) is 0 Å². The van der Waals surface area contributed by atoms with Crippen molar-refractivity contribution in [3.05, 3.63) is 0 Å². The zero-order valence-corrected chi connectivity index (χ0v) is 11.7. The van der Waals surface area contributed by atoms with E-state index in [4.69, 9.17) is 11.5 Å². The van der Waals surface area contributed by atoms with Crippen molar-refractivity contribution in [2.75, 3.05) is 26.2 Å². The molecule has 5 N–H and O–H groups in total. The maximum absolute atomic E-state index is 12.2. The molecular formula is C13H26N4O2. The topological polar surface area (TPSA) is 101 Å². The van der Waals surface area contributed by atoms with Gasteiger partial charge >= 0.3 is 6.03 Å². The minimum Gasteiger partial charge on any atom is -0.352 e. The molecule has 2 atom stereocenters. The fourth-order valence-electron chi connectivity index (χ4n) is 2.47. The van der Waals surface area contributed by atoms with Gasteiger partial charge in [-0.3, -0.25) is 4.79 Å². The summed E-state index contributed by atoms with van der Waals surface area (Å²) in [4.78, 5) is 24.8. The van der Waals surface area contributed by atoms with Gasteiger partial charge in [0.2, 0.25) is 5.91 Å². The predicted octanol–water partition coefficient (Wildman–Crippen LogP) is 0.268. The van der Waals surface area contributed by atoms with Crippen LogP contribution >= 0.6 is 0 Å². The summed E-state index contributed by atoms with van der Waals surface area (Å²) in [6.07, 6.45) is 3.47. The van der Waals surface area contributed by atoms with E-state index in [-0.39, 0.29) is 11.8 Å². The van der Waals surface area contributed by atoms with Crippen LogP contribution < -0.4 is 16.8 Å². The third-order valence-electron chi connectivity index (χ3n) is 3.81. The molecule has 1 aliphatic heterocycles. The first-order valence-corrected chi connectivity index (χ1v) is 7.07. The van der Waals surface area contributed by atoms with Crippen LogP contribution in [-0.4, -0.2) is 43.0 Å². The van der Waals surface area contributed by atoms with E-state index < -0.39 is 6.03 Å². The van der Waals surface area contributed by atoms with E-state index in [1.54, 1.807) is 0 Å². The number of urea groups is 1. The van der Waals surface area contributed by atoms with Gasteiger partial charge in [-0.25, -0.2) is 4.79 Å². The van der Waals surface area contributed by atoms with Gasteiger partial charge in [-0.1, -0.05) is 13.3 Å². The molecule has 0 saturated carbocycles. The number of nitrogens with one attached hydrogen (secondary N) is 1. The number of hydrogen-bond donors (Lipinski definition) is 3. The first kappa shape index (κ1) is 15.8. The Kier molecular flexibility index (Phi) is 6.62. The molecule has 1 heterocycles. The summed E-state index contributed by atoms with van der Waals surface area (Å²) < 4.78 is 0. The van der Waals surface area contributed by atoms with Gasteiger partial charge in [-0.2, -0.15) is 0 Å². The molecule has 1 saturated heterocycles. The highest BCUT2D eigenvalue weighted by Crippen LogP contribution is 2.18. The van der Waals surface area contributed by atoms with Crippen LogP contribution in [0.4, 0.5) is 4.79 Å². The summed E-state index contributed by atoms with van der Waals surface area (Å²) in [5.41, 5.74) is 10.7. The molecule has 19 heavy (non-hydrogen) atoms. The standard InChI is InChI=1S/C13H26N4O2/c1-2-10(7-14)6-12(18)17-5-3-4-11(9-17)8-16-13(15)19/h10-11H,2-9,14H2,1H3,(H3,15,16,19). The monoisotopic (exact) mass is 270 g/mol. The van der Waals surface area contributed by atoms with Crippen molar-refractivity contribution in [2.45, 2.75) is 32.6 Å². The largest absolute Gasteiger partial charge is 0.352 e. The van der Waals surface area contributed by atoms with Crippen molar-refractivity contribution < 1.29 is 9.59 Å². The van der Waals surface area contributed by atoms with Gasteiger partial charge in [0.1, 0.15) is 0 Å². The molecule has 0 aromatic rings. The Hall–Kier alpha value is -1.30. The first-order valence-electron chi connectivity index (χ1n) is 7.07. The van der Waals surface area contributed by atoms with Crippen molar-refractivity contribution in [2.24, 2.45) is 23.3 Å². The van der Waals surface area contributed by atoms with E-state index in [1.807, 2.05) is 4.90 Å². The second-order valence-corrected chi connectivity index (χ2v) is 5.31. The smallest absolute Gasteiger partial charge is 0.312 e. The van der Waals surface area contributed by atoms with Crippen molar-refractivity contribution >= 4 is 11.9 Å². The molecule has 0 bridgehead atoms. The first-order chi connectivity index (χ1) is 9.06. The maximum Gasteiger partial charge on any atom is 0.312 e. The number of likely N-dealkylation sites (tertiary alicyclic amines) is 1. The summed E-state index contributed by atoms with van der Waals surface area (Å²) >= 11 is 0. The number of primary amides is 1. The van der Waals surface area contributed by atoms with Crippen molar-refractivity contribution in [1.29, 1.82) is 0 Å². The number of hydrogen-bond acceptors (Lipinski definition) is 3. The number of rotatable bonds is 6. The molecule has 0 spiro atoms. The predicted molar refractivity (Wildman–Crippen MR) is 74.3 cm³/mol. The average Bonchev–Trinajstić information content (AvgIpc) is 2.42. The third-order valence-corrected chi connectivity index (χ3v) is 3.81. The molecule has 1 aliphatic rings. The van der Waals surface area contributed by atoms with Crippen LogP contribution in [0.5, 0.6) is 0 Å². The average molecular weight is 270 g/mol. The van der Waals surface area contributed by atoms with Crippen LogP contribution in [0.3, 0.4) is 0 Å². The molecule has 110 valence electrons. The van der Waals surface area contributed by atoms with E-state index in [0.29, 0.717) is 32.0 Å². The Balaban J connectivity index is 2.40. The second kappa shape index (κ2) is 7.99. The normalized spacial score (nSPS) is 20.9. The summed E-state index contributed by atoms with van der Waals surface area (Å²) in [5, 5.41) is 2.62. The Morgan fingerprint density at radius 1 is 1.47 bits per heavy atom. The molecular weight excluding hydrogens is 244 g/mol. The van der Waals surface area contributed by atoms with Gasteiger partial charge in [0.05, 0.1) is 0 Å². The summed E-state index contributed by atoms with van der Waals surface area (Å²) in [7, 11) is 0. The molecule has 1 rings (SSSR count). The zero-order chi connectivity index (χ0) is 14.3. The fraction of sp³-hybridized carbons (Fsp3) is 0.846. The fourth-order valence-corrected chi connectivity index (χ4v) is 2.47. The minimum atomic E-state index is -0.502. The highest BCUT2D eigenvalue weighted by Gasteiger charge is 2.24. The molecule has 1 fully saturated rings. The summed E-state index contributed by atoms with van der Waals surface area (Å²) in [6, 6.07) is -0.502. The molecule has 6 nitrogen and oxygen atoms in total. The van der Waals surface area contributed by atoms with E-state index in [9.17, 15) is 9.59 Å². The Morgan fingerprint density at radius 3 is 2.79 bits per heavy atom. The lowest BCUT2D eigenvalue weighted by Gasteiger charge is -2.33. The van der Waals surface area contributed by atoms with Crippen LogP contribution in [-0.2, 0) is 4.79 Å². The van der Waals surface area contributed by atoms with Crippen LogP contribution in [0.25, 0.3) is 0 Å². The van der Waals surface area contributed by atoms with Gasteiger partial charge in [-0.15, -0.1) is 0 Å². The number of piperidine rings is 1. The molecule has 2 unspecified atom stereocenters. The molecule has 0 aromatic heterocycles. The number of nitrogens with zero attached hydrogens (tertiary/aromatic N) is 1. The highest BCUT2D eigenvalue weighted by atomic mass is 16.2. The number of carbonyl (C=O) groups excluding carboxylic acids is 2. The minimum absolute atomic E-state index is 0.182. The van der Waals surface area contributed by atoms with Crippen molar-refractivity contribution in [1.82, 2.24) is 10.2 Å². The molecule has 0 radical (unpaired) electrons. The lowest BCUT2D eigenvalue weighted by Crippen LogP contribution is -2.45. The van der Waals surface area contributed by atoms with Gasteiger partial charge in [-0.05, 0) is 31.2 Å². The van der Waals surface area contributed by atoms with Crippen LogP contribution in [0.1, 0.15) is 32.6 Å². The second-order valence-electron chi connectivity index (χ2n) is 5.31. The van der Waals surface area contributed by atoms with E-state index >= 15 is 0 Å².